The van der Waals surface area contributed by atoms with Gasteiger partial charge in [0.05, 0.1) is 26.1 Å². The van der Waals surface area contributed by atoms with Crippen LogP contribution in [-0.4, -0.2) is 50.3 Å². The molecule has 1 aliphatic rings. The van der Waals surface area contributed by atoms with E-state index in [-0.39, 0.29) is 12.7 Å². The Kier molecular flexibility index (Phi) is 7.37. The Morgan fingerprint density at radius 1 is 1.03 bits per heavy atom. The summed E-state index contributed by atoms with van der Waals surface area (Å²) in [5.74, 6) is -0.0786. The Balaban J connectivity index is 1.53. The minimum absolute atomic E-state index is 0.177. The van der Waals surface area contributed by atoms with Crippen LogP contribution in [0.3, 0.4) is 0 Å². The third-order valence-corrected chi connectivity index (χ3v) is 5.62. The molecule has 6 nitrogen and oxygen atoms in total. The quantitative estimate of drug-likeness (QED) is 0.354. The van der Waals surface area contributed by atoms with Gasteiger partial charge in [0.2, 0.25) is 5.60 Å². The SMILES string of the molecule is CN1CCC(OC(=O)C(OCCOCc2ccccc2)(c2ccccc2)c2ccco2)C1. The zero-order valence-electron chi connectivity index (χ0n) is 18.3. The lowest BCUT2D eigenvalue weighted by atomic mass is 9.90. The van der Waals surface area contributed by atoms with Gasteiger partial charge in [0.1, 0.15) is 6.10 Å². The number of furan rings is 1. The van der Waals surface area contributed by atoms with Crippen molar-refractivity contribution in [1.29, 1.82) is 0 Å². The molecule has 32 heavy (non-hydrogen) atoms. The van der Waals surface area contributed by atoms with Crippen molar-refractivity contribution in [3.8, 4) is 0 Å². The Bertz CT molecular complexity index is 960. The molecule has 0 N–H and O–H groups in total. The lowest BCUT2D eigenvalue weighted by Crippen LogP contribution is -2.43. The first kappa shape index (κ1) is 22.3. The molecule has 2 unspecified atom stereocenters. The highest BCUT2D eigenvalue weighted by molar-refractivity contribution is 5.85. The molecular formula is C26H29NO5. The second kappa shape index (κ2) is 10.6. The second-order valence-electron chi connectivity index (χ2n) is 7.99. The lowest BCUT2D eigenvalue weighted by Gasteiger charge is -2.31. The molecule has 1 aliphatic heterocycles. The molecule has 4 rings (SSSR count). The van der Waals surface area contributed by atoms with Crippen molar-refractivity contribution >= 4 is 5.97 Å². The zero-order chi connectivity index (χ0) is 22.2. The Morgan fingerprint density at radius 2 is 1.78 bits per heavy atom. The molecule has 168 valence electrons. The van der Waals surface area contributed by atoms with Gasteiger partial charge in [-0.05, 0) is 31.2 Å². The molecule has 2 atom stereocenters. The summed E-state index contributed by atoms with van der Waals surface area (Å²) < 4.78 is 23.7. The van der Waals surface area contributed by atoms with Gasteiger partial charge in [0.25, 0.3) is 0 Å². The Hall–Kier alpha value is -2.93. The van der Waals surface area contributed by atoms with E-state index in [1.54, 1.807) is 18.4 Å². The Labute approximate surface area is 188 Å². The van der Waals surface area contributed by atoms with Crippen LogP contribution in [0, 0.1) is 0 Å². The number of benzene rings is 2. The van der Waals surface area contributed by atoms with Gasteiger partial charge in [-0.15, -0.1) is 0 Å². The topological polar surface area (TPSA) is 61.1 Å². The first-order chi connectivity index (χ1) is 15.7. The standard InChI is InChI=1S/C26H29NO5/c1-27-15-14-23(19-27)32-25(28)26(24-13-8-16-30-24,22-11-6-3-7-12-22)31-18-17-29-20-21-9-4-2-5-10-21/h2-13,16,23H,14-15,17-20H2,1H3. The number of hydrogen-bond acceptors (Lipinski definition) is 6. The number of nitrogens with zero attached hydrogens (tertiary/aromatic N) is 1. The predicted octanol–water partition coefficient (Wildman–Crippen LogP) is 4.00. The van der Waals surface area contributed by atoms with Crippen molar-refractivity contribution in [2.75, 3.05) is 33.4 Å². The monoisotopic (exact) mass is 435 g/mol. The summed E-state index contributed by atoms with van der Waals surface area (Å²) in [6.07, 6.45) is 2.16. The molecule has 2 heterocycles. The van der Waals surface area contributed by atoms with Crippen LogP contribution in [0.5, 0.6) is 0 Å². The van der Waals surface area contributed by atoms with Crippen LogP contribution >= 0.6 is 0 Å². The number of esters is 1. The van der Waals surface area contributed by atoms with Gasteiger partial charge in [0.15, 0.2) is 5.76 Å². The van der Waals surface area contributed by atoms with Crippen molar-refractivity contribution in [3.05, 3.63) is 95.9 Å². The minimum atomic E-state index is -1.50. The number of carbonyl (C=O) groups is 1. The van der Waals surface area contributed by atoms with Gasteiger partial charge >= 0.3 is 5.97 Å². The number of rotatable bonds is 10. The second-order valence-corrected chi connectivity index (χ2v) is 7.99. The van der Waals surface area contributed by atoms with Crippen LogP contribution in [0.25, 0.3) is 0 Å². The lowest BCUT2D eigenvalue weighted by molar-refractivity contribution is -0.177. The molecule has 1 fully saturated rings. The molecule has 1 aromatic heterocycles. The van der Waals surface area contributed by atoms with Gasteiger partial charge in [-0.3, -0.25) is 0 Å². The van der Waals surface area contributed by atoms with Crippen molar-refractivity contribution in [1.82, 2.24) is 4.90 Å². The van der Waals surface area contributed by atoms with E-state index in [1.807, 2.05) is 67.7 Å². The summed E-state index contributed by atoms with van der Waals surface area (Å²) in [5.41, 5.74) is 0.245. The molecule has 6 heteroatoms. The first-order valence-electron chi connectivity index (χ1n) is 10.9. The number of carbonyl (C=O) groups excluding carboxylic acids is 1. The highest BCUT2D eigenvalue weighted by Crippen LogP contribution is 2.36. The predicted molar refractivity (Wildman–Crippen MR) is 120 cm³/mol. The molecule has 0 spiro atoms. The van der Waals surface area contributed by atoms with Crippen LogP contribution in [-0.2, 0) is 31.2 Å². The van der Waals surface area contributed by atoms with Crippen molar-refractivity contribution in [2.45, 2.75) is 24.7 Å². The van der Waals surface area contributed by atoms with Crippen LogP contribution in [0.1, 0.15) is 23.3 Å². The van der Waals surface area contributed by atoms with Gasteiger partial charge in [-0.2, -0.15) is 0 Å². The van der Waals surface area contributed by atoms with Gasteiger partial charge < -0.3 is 23.5 Å². The summed E-state index contributed by atoms with van der Waals surface area (Å²) in [5, 5.41) is 0. The number of hydrogen-bond donors (Lipinski definition) is 0. The summed E-state index contributed by atoms with van der Waals surface area (Å²) in [4.78, 5) is 15.8. The zero-order valence-corrected chi connectivity index (χ0v) is 18.3. The van der Waals surface area contributed by atoms with Crippen LogP contribution < -0.4 is 0 Å². The molecule has 3 aromatic rings. The van der Waals surface area contributed by atoms with E-state index in [9.17, 15) is 4.79 Å². The summed E-state index contributed by atoms with van der Waals surface area (Å²) in [6.45, 7) is 2.59. The number of ether oxygens (including phenoxy) is 3. The molecule has 0 saturated carbocycles. The average molecular weight is 436 g/mol. The third-order valence-electron chi connectivity index (χ3n) is 5.62. The highest BCUT2D eigenvalue weighted by Gasteiger charge is 2.49. The highest BCUT2D eigenvalue weighted by atomic mass is 16.6. The van der Waals surface area contributed by atoms with E-state index in [1.165, 1.54) is 0 Å². The smallest absolute Gasteiger partial charge is 0.351 e. The van der Waals surface area contributed by atoms with E-state index in [2.05, 4.69) is 4.90 Å². The fourth-order valence-electron chi connectivity index (χ4n) is 3.97. The van der Waals surface area contributed by atoms with Crippen LogP contribution in [0.2, 0.25) is 0 Å². The molecular weight excluding hydrogens is 406 g/mol. The average Bonchev–Trinajstić information content (AvgIpc) is 3.50. The summed E-state index contributed by atoms with van der Waals surface area (Å²) in [6, 6.07) is 22.8. The Morgan fingerprint density at radius 3 is 2.44 bits per heavy atom. The van der Waals surface area contributed by atoms with Crippen molar-refractivity contribution < 1.29 is 23.4 Å². The van der Waals surface area contributed by atoms with Crippen LogP contribution in [0.15, 0.2) is 83.5 Å². The van der Waals surface area contributed by atoms with E-state index in [0.717, 1.165) is 18.5 Å². The van der Waals surface area contributed by atoms with E-state index < -0.39 is 11.6 Å². The molecule has 0 aliphatic carbocycles. The van der Waals surface area contributed by atoms with Crippen molar-refractivity contribution in [3.63, 3.8) is 0 Å². The molecule has 0 bridgehead atoms. The minimum Gasteiger partial charge on any atom is -0.465 e. The summed E-state index contributed by atoms with van der Waals surface area (Å²) in [7, 11) is 2.02. The number of likely N-dealkylation sites (N-methyl/N-ethyl adjacent to an activating group) is 1. The van der Waals surface area contributed by atoms with E-state index >= 15 is 0 Å². The van der Waals surface area contributed by atoms with Gasteiger partial charge in [0, 0.05) is 18.7 Å². The summed E-state index contributed by atoms with van der Waals surface area (Å²) >= 11 is 0. The molecule has 0 amide bonds. The fraction of sp³-hybridized carbons (Fsp3) is 0.346. The first-order valence-corrected chi connectivity index (χ1v) is 10.9. The van der Waals surface area contributed by atoms with Gasteiger partial charge in [-0.1, -0.05) is 60.7 Å². The third kappa shape index (κ3) is 5.10. The van der Waals surface area contributed by atoms with E-state index in [0.29, 0.717) is 31.1 Å². The molecule has 1 saturated heterocycles. The van der Waals surface area contributed by atoms with Crippen molar-refractivity contribution in [2.24, 2.45) is 0 Å². The maximum Gasteiger partial charge on any atom is 0.351 e. The van der Waals surface area contributed by atoms with E-state index in [4.69, 9.17) is 18.6 Å². The number of likely N-dealkylation sites (tertiary alicyclic amines) is 1. The fourth-order valence-corrected chi connectivity index (χ4v) is 3.97. The molecule has 2 aromatic carbocycles. The van der Waals surface area contributed by atoms with Gasteiger partial charge in [-0.25, -0.2) is 4.79 Å². The normalized spacial score (nSPS) is 18.3. The maximum atomic E-state index is 13.6. The maximum absolute atomic E-state index is 13.6. The van der Waals surface area contributed by atoms with Crippen LogP contribution in [0.4, 0.5) is 0 Å². The largest absolute Gasteiger partial charge is 0.465 e. The molecule has 0 radical (unpaired) electrons.